The summed E-state index contributed by atoms with van der Waals surface area (Å²) in [6.07, 6.45) is 7.14. The zero-order chi connectivity index (χ0) is 35.6. The molecule has 268 valence electrons. The van der Waals surface area contributed by atoms with Gasteiger partial charge >= 0.3 is 0 Å². The smallest absolute Gasteiger partial charge is 0.155 e. The van der Waals surface area contributed by atoms with E-state index in [1.807, 2.05) is 24.3 Å². The first kappa shape index (κ1) is 41.5. The first-order valence-electron chi connectivity index (χ1n) is 16.9. The summed E-state index contributed by atoms with van der Waals surface area (Å²) < 4.78 is 47.7. The number of carbonyl (C=O) groups excluding carboxylic acids is 1. The number of aliphatic hydroxyl groups excluding tert-OH is 1. The summed E-state index contributed by atoms with van der Waals surface area (Å²) in [5.74, 6) is 2.39. The number of carbonyl (C=O) groups is 1. The quantitative estimate of drug-likeness (QED) is 0.330. The van der Waals surface area contributed by atoms with Crippen molar-refractivity contribution >= 4 is 48.6 Å². The van der Waals surface area contributed by atoms with Crippen LogP contribution >= 0.6 is 11.6 Å². The Bertz CT molecular complexity index is 1440. The van der Waals surface area contributed by atoms with Crippen molar-refractivity contribution in [3.8, 4) is 0 Å². The molecule has 47 heavy (non-hydrogen) atoms. The predicted molar refractivity (Wildman–Crippen MR) is 195 cm³/mol. The first-order chi connectivity index (χ1) is 21.7. The molecule has 2 fully saturated rings. The standard InChI is InChI=1S/C20H27ClN2O2S.C13H25NO3S.C2H6O/c1-20(2,3)26(24,25)13-14-7-9-15(10-8-14)18-12-22-19(23-18)16-5-4-6-17(21)11-16;1-13(2,3)18(16,17)9-10-4-6-11(7-5-10)12(15)8-14;1-2-3/h4-6,11,14-15H,7-10,12-13H2,1-3H3;10-11H,4-9,14H2,1-3H3;3H,2H2,1H3. The number of ketones is 1. The monoisotopic (exact) mass is 715 g/mol. The predicted octanol–water partition coefficient (Wildman–Crippen LogP) is 6.09. The van der Waals surface area contributed by atoms with Gasteiger partial charge < -0.3 is 10.8 Å². The van der Waals surface area contributed by atoms with E-state index in [9.17, 15) is 21.6 Å². The van der Waals surface area contributed by atoms with Gasteiger partial charge in [0.1, 0.15) is 5.78 Å². The first-order valence-corrected chi connectivity index (χ1v) is 20.6. The fraction of sp³-hybridized carbons (Fsp3) is 0.743. The minimum absolute atomic E-state index is 0.0589. The van der Waals surface area contributed by atoms with Crippen LogP contribution in [0, 0.1) is 23.7 Å². The number of hydrogen-bond acceptors (Lipinski definition) is 9. The van der Waals surface area contributed by atoms with Gasteiger partial charge in [0.15, 0.2) is 25.5 Å². The minimum atomic E-state index is -3.05. The molecule has 3 aliphatic rings. The van der Waals surface area contributed by atoms with Crippen molar-refractivity contribution in [1.82, 2.24) is 0 Å². The van der Waals surface area contributed by atoms with Crippen LogP contribution in [-0.4, -0.2) is 80.0 Å². The van der Waals surface area contributed by atoms with Crippen LogP contribution < -0.4 is 5.73 Å². The molecule has 3 N–H and O–H groups in total. The molecule has 0 atom stereocenters. The second kappa shape index (κ2) is 17.8. The lowest BCUT2D eigenvalue weighted by Crippen LogP contribution is -2.35. The third-order valence-electron chi connectivity index (χ3n) is 9.32. The maximum absolute atomic E-state index is 12.4. The number of nitrogens with two attached hydrogens (primary N) is 1. The fourth-order valence-electron chi connectivity index (χ4n) is 5.97. The van der Waals surface area contributed by atoms with E-state index in [4.69, 9.17) is 27.4 Å². The number of hydrogen-bond donors (Lipinski definition) is 2. The molecule has 0 saturated heterocycles. The van der Waals surface area contributed by atoms with E-state index < -0.39 is 29.2 Å². The van der Waals surface area contributed by atoms with Crippen molar-refractivity contribution in [2.24, 2.45) is 39.4 Å². The normalized spacial score (nSPS) is 23.8. The summed E-state index contributed by atoms with van der Waals surface area (Å²) in [4.78, 5) is 20.8. The molecule has 1 aliphatic heterocycles. The second-order valence-corrected chi connectivity index (χ2v) is 21.0. The molecular weight excluding hydrogens is 658 g/mol. The number of sulfone groups is 2. The Kier molecular flexibility index (Phi) is 15.8. The molecule has 0 aromatic heterocycles. The van der Waals surface area contributed by atoms with Gasteiger partial charge in [-0.25, -0.2) is 21.8 Å². The number of benzene rings is 1. The minimum Gasteiger partial charge on any atom is -0.397 e. The zero-order valence-corrected chi connectivity index (χ0v) is 31.9. The maximum Gasteiger partial charge on any atom is 0.155 e. The van der Waals surface area contributed by atoms with Gasteiger partial charge in [-0.15, -0.1) is 0 Å². The van der Waals surface area contributed by atoms with Gasteiger partial charge in [0.2, 0.25) is 0 Å². The van der Waals surface area contributed by atoms with E-state index in [2.05, 4.69) is 4.99 Å². The Labute approximate surface area is 289 Å². The summed E-state index contributed by atoms with van der Waals surface area (Å²) in [6.45, 7) is 13.3. The molecule has 2 aliphatic carbocycles. The summed E-state index contributed by atoms with van der Waals surface area (Å²) in [7, 11) is -6.10. The van der Waals surface area contributed by atoms with Gasteiger partial charge in [-0.1, -0.05) is 23.7 Å². The van der Waals surface area contributed by atoms with Gasteiger partial charge in [0.25, 0.3) is 0 Å². The Morgan fingerprint density at radius 2 is 1.34 bits per heavy atom. The van der Waals surface area contributed by atoms with Crippen molar-refractivity contribution in [2.45, 2.75) is 109 Å². The number of rotatable bonds is 8. The van der Waals surface area contributed by atoms with Crippen LogP contribution in [0.2, 0.25) is 5.02 Å². The van der Waals surface area contributed by atoms with Gasteiger partial charge in [-0.2, -0.15) is 0 Å². The van der Waals surface area contributed by atoms with E-state index in [1.165, 1.54) is 0 Å². The van der Waals surface area contributed by atoms with Gasteiger partial charge in [0, 0.05) is 28.8 Å². The highest BCUT2D eigenvalue weighted by Crippen LogP contribution is 2.34. The molecule has 12 heteroatoms. The average Bonchev–Trinajstić information content (AvgIpc) is 3.47. The van der Waals surface area contributed by atoms with Crippen LogP contribution in [0.3, 0.4) is 0 Å². The van der Waals surface area contributed by atoms with E-state index in [1.54, 1.807) is 48.5 Å². The van der Waals surface area contributed by atoms with Crippen LogP contribution in [0.1, 0.15) is 105 Å². The average molecular weight is 716 g/mol. The topological polar surface area (TPSA) is 156 Å². The van der Waals surface area contributed by atoms with Gasteiger partial charge in [0.05, 0.1) is 34.1 Å². The van der Waals surface area contributed by atoms with Crippen LogP contribution in [-0.2, 0) is 24.5 Å². The summed E-state index contributed by atoms with van der Waals surface area (Å²) in [5.41, 5.74) is 7.44. The van der Waals surface area contributed by atoms with Crippen LogP contribution in [0.25, 0.3) is 0 Å². The Morgan fingerprint density at radius 1 is 0.872 bits per heavy atom. The number of Topliss-reactive ketones (excluding diaryl/α,β-unsaturated/α-hetero) is 1. The largest absolute Gasteiger partial charge is 0.397 e. The molecule has 0 unspecified atom stereocenters. The van der Waals surface area contributed by atoms with E-state index in [-0.39, 0.29) is 42.4 Å². The molecule has 1 aromatic rings. The molecule has 0 amide bonds. The SMILES string of the molecule is CC(C)(C)S(=O)(=O)CC1CCC(C(=O)CN)CC1.CC(C)(C)S(=O)(=O)CC1CCC(C2=NC(c3cccc(Cl)c3)=NC2)CC1.CCO. The Hall–Kier alpha value is -1.66. The number of amidine groups is 1. The molecule has 1 aromatic carbocycles. The van der Waals surface area contributed by atoms with Crippen molar-refractivity contribution < 1.29 is 26.7 Å². The molecule has 0 radical (unpaired) electrons. The van der Waals surface area contributed by atoms with Crippen molar-refractivity contribution in [3.05, 3.63) is 34.9 Å². The molecule has 9 nitrogen and oxygen atoms in total. The molecule has 2 saturated carbocycles. The fourth-order valence-corrected chi connectivity index (χ4v) is 9.07. The van der Waals surface area contributed by atoms with Crippen molar-refractivity contribution in [2.75, 3.05) is 31.2 Å². The van der Waals surface area contributed by atoms with Crippen LogP contribution in [0.5, 0.6) is 0 Å². The summed E-state index contributed by atoms with van der Waals surface area (Å²) in [5, 5.41) is 8.26. The number of halogens is 1. The third-order valence-corrected chi connectivity index (χ3v) is 15.1. The van der Waals surface area contributed by atoms with Crippen LogP contribution in [0.15, 0.2) is 34.3 Å². The Morgan fingerprint density at radius 3 is 1.77 bits per heavy atom. The lowest BCUT2D eigenvalue weighted by atomic mass is 9.80. The highest BCUT2D eigenvalue weighted by atomic mass is 35.5. The molecule has 0 spiro atoms. The number of aliphatic imine (C=N–C) groups is 2. The van der Waals surface area contributed by atoms with E-state index in [0.29, 0.717) is 23.2 Å². The second-order valence-electron chi connectivity index (χ2n) is 15.0. The zero-order valence-electron chi connectivity index (χ0n) is 29.5. The van der Waals surface area contributed by atoms with E-state index in [0.717, 1.165) is 68.5 Å². The molecule has 4 rings (SSSR count). The summed E-state index contributed by atoms with van der Waals surface area (Å²) in [6, 6.07) is 7.62. The molecule has 0 bridgehead atoms. The van der Waals surface area contributed by atoms with E-state index >= 15 is 0 Å². The summed E-state index contributed by atoms with van der Waals surface area (Å²) >= 11 is 6.06. The number of aliphatic hydroxyl groups is 1. The van der Waals surface area contributed by atoms with Gasteiger partial charge in [-0.05, 0) is 130 Å². The number of nitrogens with zero attached hydrogens (tertiary/aromatic N) is 2. The molecule has 1 heterocycles. The lowest BCUT2D eigenvalue weighted by Gasteiger charge is -2.30. The maximum atomic E-state index is 12.4. The third kappa shape index (κ3) is 12.6. The highest BCUT2D eigenvalue weighted by Gasteiger charge is 2.35. The highest BCUT2D eigenvalue weighted by molar-refractivity contribution is 7.93. The van der Waals surface area contributed by atoms with Crippen LogP contribution in [0.4, 0.5) is 0 Å². The molecular formula is C35H58ClN3O6S2. The lowest BCUT2D eigenvalue weighted by molar-refractivity contribution is -0.122. The Balaban J connectivity index is 0.000000320. The van der Waals surface area contributed by atoms with Crippen molar-refractivity contribution in [3.63, 3.8) is 0 Å². The van der Waals surface area contributed by atoms with Crippen molar-refractivity contribution in [1.29, 1.82) is 0 Å². The van der Waals surface area contributed by atoms with Gasteiger partial charge in [-0.3, -0.25) is 9.79 Å².